The van der Waals surface area contributed by atoms with Crippen LogP contribution in [0.5, 0.6) is 0 Å². The van der Waals surface area contributed by atoms with E-state index in [2.05, 4.69) is 4.98 Å². The van der Waals surface area contributed by atoms with Crippen molar-refractivity contribution in [1.82, 2.24) is 4.98 Å². The number of amides is 1. The molecule has 2 aromatic heterocycles. The molecule has 0 saturated carbocycles. The minimum atomic E-state index is -0.174. The van der Waals surface area contributed by atoms with E-state index < -0.39 is 0 Å². The Morgan fingerprint density at radius 1 is 1.26 bits per heavy atom. The zero-order chi connectivity index (χ0) is 18.6. The molecular weight excluding hydrogens is 386 g/mol. The Morgan fingerprint density at radius 2 is 2.11 bits per heavy atom. The van der Waals surface area contributed by atoms with Crippen molar-refractivity contribution in [2.24, 2.45) is 0 Å². The Labute approximate surface area is 166 Å². The van der Waals surface area contributed by atoms with Gasteiger partial charge in [0.25, 0.3) is 5.91 Å². The Balaban J connectivity index is 1.55. The second-order valence-corrected chi connectivity index (χ2v) is 7.90. The van der Waals surface area contributed by atoms with Gasteiger partial charge in [0, 0.05) is 13.0 Å². The molecule has 1 amide bonds. The Hall–Kier alpha value is -1.93. The van der Waals surface area contributed by atoms with Crippen molar-refractivity contribution in [3.05, 3.63) is 47.4 Å². The summed E-state index contributed by atoms with van der Waals surface area (Å²) in [6.07, 6.45) is 2.39. The summed E-state index contributed by atoms with van der Waals surface area (Å²) in [6.45, 7) is 5.23. The van der Waals surface area contributed by atoms with E-state index in [1.807, 2.05) is 18.2 Å². The van der Waals surface area contributed by atoms with E-state index in [0.29, 0.717) is 22.5 Å². The van der Waals surface area contributed by atoms with Crippen LogP contribution in [0.3, 0.4) is 0 Å². The number of nitrogens with one attached hydrogen (secondary N) is 1. The number of hydrogen-bond acceptors (Lipinski definition) is 5. The van der Waals surface area contributed by atoms with E-state index in [1.165, 1.54) is 22.5 Å². The maximum atomic E-state index is 13.0. The van der Waals surface area contributed by atoms with Gasteiger partial charge in [0.1, 0.15) is 18.6 Å². The van der Waals surface area contributed by atoms with Crippen molar-refractivity contribution in [2.75, 3.05) is 44.3 Å². The van der Waals surface area contributed by atoms with Crippen molar-refractivity contribution >= 4 is 44.2 Å². The predicted molar refractivity (Wildman–Crippen MR) is 106 cm³/mol. The number of halogens is 1. The van der Waals surface area contributed by atoms with Crippen LogP contribution in [-0.2, 0) is 4.74 Å². The summed E-state index contributed by atoms with van der Waals surface area (Å²) in [5.41, 5.74) is 0.732. The normalized spacial score (nSPS) is 15.3. The van der Waals surface area contributed by atoms with Gasteiger partial charge in [-0.3, -0.25) is 9.69 Å². The first-order chi connectivity index (χ1) is 13.2. The molecule has 4 rings (SSSR count). The molecule has 27 heavy (non-hydrogen) atoms. The van der Waals surface area contributed by atoms with Gasteiger partial charge in [-0.2, -0.15) is 0 Å². The number of benzene rings is 1. The van der Waals surface area contributed by atoms with Crippen LogP contribution in [0.15, 0.2) is 41.0 Å². The minimum absolute atomic E-state index is 0.174. The Kier molecular flexibility index (Phi) is 5.73. The fourth-order valence-electron chi connectivity index (χ4n) is 3.23. The van der Waals surface area contributed by atoms with Gasteiger partial charge in [-0.1, -0.05) is 29.0 Å². The topological polar surface area (TPSA) is 60.0 Å². The molecule has 1 fully saturated rings. The lowest BCUT2D eigenvalue weighted by molar-refractivity contribution is -0.908. The number of aromatic nitrogens is 1. The lowest BCUT2D eigenvalue weighted by Crippen LogP contribution is -3.14. The van der Waals surface area contributed by atoms with Crippen molar-refractivity contribution in [2.45, 2.75) is 6.42 Å². The Bertz CT molecular complexity index is 906. The molecule has 1 aromatic carbocycles. The van der Waals surface area contributed by atoms with Crippen LogP contribution in [0.1, 0.15) is 17.0 Å². The maximum absolute atomic E-state index is 13.0. The Morgan fingerprint density at radius 3 is 2.85 bits per heavy atom. The second-order valence-electron chi connectivity index (χ2n) is 6.48. The molecule has 1 aliphatic rings. The van der Waals surface area contributed by atoms with Gasteiger partial charge in [0.2, 0.25) is 0 Å². The van der Waals surface area contributed by atoms with Crippen molar-refractivity contribution in [3.63, 3.8) is 0 Å². The van der Waals surface area contributed by atoms with Crippen molar-refractivity contribution in [3.8, 4) is 0 Å². The third kappa shape index (κ3) is 4.16. The molecule has 0 radical (unpaired) electrons. The van der Waals surface area contributed by atoms with Gasteiger partial charge in [-0.25, -0.2) is 4.98 Å². The summed E-state index contributed by atoms with van der Waals surface area (Å²) >= 11 is 7.74. The fourth-order valence-corrected chi connectivity index (χ4v) is 4.52. The maximum Gasteiger partial charge on any atom is 0.295 e. The van der Waals surface area contributed by atoms with Gasteiger partial charge in [0.05, 0.1) is 35.7 Å². The highest BCUT2D eigenvalue weighted by atomic mass is 35.5. The van der Waals surface area contributed by atoms with E-state index in [0.717, 1.165) is 49.5 Å². The summed E-state index contributed by atoms with van der Waals surface area (Å²) in [5, 5.41) is 1.25. The minimum Gasteiger partial charge on any atom is -0.459 e. The number of quaternary nitrogens is 1. The number of ether oxygens (including phenoxy) is 1. The predicted octanol–water partition coefficient (Wildman–Crippen LogP) is 2.49. The molecule has 0 spiro atoms. The number of morpholine rings is 1. The first-order valence-corrected chi connectivity index (χ1v) is 10.2. The number of anilines is 1. The highest BCUT2D eigenvalue weighted by Crippen LogP contribution is 2.33. The lowest BCUT2D eigenvalue weighted by Gasteiger charge is -2.25. The molecule has 0 aliphatic carbocycles. The van der Waals surface area contributed by atoms with E-state index in [-0.39, 0.29) is 5.91 Å². The van der Waals surface area contributed by atoms with Crippen LogP contribution in [0.25, 0.3) is 10.2 Å². The summed E-state index contributed by atoms with van der Waals surface area (Å²) in [5.74, 6) is 0.145. The smallest absolute Gasteiger partial charge is 0.295 e. The zero-order valence-corrected chi connectivity index (χ0v) is 16.4. The van der Waals surface area contributed by atoms with Gasteiger partial charge >= 0.3 is 0 Å². The molecule has 1 aliphatic heterocycles. The molecule has 0 unspecified atom stereocenters. The molecule has 1 saturated heterocycles. The highest BCUT2D eigenvalue weighted by molar-refractivity contribution is 7.22. The van der Waals surface area contributed by atoms with E-state index in [4.69, 9.17) is 20.8 Å². The zero-order valence-electron chi connectivity index (χ0n) is 14.8. The molecule has 3 heterocycles. The van der Waals surface area contributed by atoms with E-state index in [1.54, 1.807) is 17.0 Å². The van der Waals surface area contributed by atoms with E-state index >= 15 is 0 Å². The molecule has 8 heteroatoms. The van der Waals surface area contributed by atoms with Crippen LogP contribution >= 0.6 is 22.9 Å². The monoisotopic (exact) mass is 406 g/mol. The SMILES string of the molecule is O=C(c1ccco1)N(CCC[NH+]1CCOCC1)c1nc2c(Cl)cccc2s1. The molecule has 3 aromatic rings. The fraction of sp³-hybridized carbons (Fsp3) is 0.368. The van der Waals surface area contributed by atoms with Crippen LogP contribution in [-0.4, -0.2) is 50.3 Å². The molecular formula is C19H21ClN3O3S+. The summed E-state index contributed by atoms with van der Waals surface area (Å²) in [4.78, 5) is 20.8. The highest BCUT2D eigenvalue weighted by Gasteiger charge is 2.24. The number of rotatable bonds is 6. The summed E-state index contributed by atoms with van der Waals surface area (Å²) < 4.78 is 11.7. The van der Waals surface area contributed by atoms with Gasteiger partial charge < -0.3 is 14.1 Å². The quantitative estimate of drug-likeness (QED) is 0.683. The van der Waals surface area contributed by atoms with Crippen molar-refractivity contribution in [1.29, 1.82) is 0 Å². The standard InChI is InChI=1S/C19H20ClN3O3S/c20-14-4-1-6-16-17(14)21-19(27-16)23(18(24)15-5-2-11-26-15)8-3-7-22-9-12-25-13-10-22/h1-2,4-6,11H,3,7-10,12-13H2/p+1. The third-order valence-corrected chi connectivity index (χ3v) is 6.03. The third-order valence-electron chi connectivity index (χ3n) is 4.68. The molecule has 1 N–H and O–H groups in total. The van der Waals surface area contributed by atoms with E-state index in [9.17, 15) is 4.79 Å². The first kappa shape index (κ1) is 18.4. The summed E-state index contributed by atoms with van der Waals surface area (Å²) in [7, 11) is 0. The average Bonchev–Trinajstić information content (AvgIpc) is 3.36. The first-order valence-electron chi connectivity index (χ1n) is 9.04. The van der Waals surface area contributed by atoms with Crippen molar-refractivity contribution < 1.29 is 18.8 Å². The number of furan rings is 1. The molecule has 6 nitrogen and oxygen atoms in total. The number of para-hydroxylation sites is 1. The van der Waals surface area contributed by atoms with Crippen LogP contribution in [0.4, 0.5) is 5.13 Å². The number of nitrogens with zero attached hydrogens (tertiary/aromatic N) is 2. The van der Waals surface area contributed by atoms with Crippen LogP contribution in [0.2, 0.25) is 5.02 Å². The summed E-state index contributed by atoms with van der Waals surface area (Å²) in [6, 6.07) is 9.08. The van der Waals surface area contributed by atoms with Crippen LogP contribution < -0.4 is 9.80 Å². The lowest BCUT2D eigenvalue weighted by atomic mass is 10.3. The molecule has 0 atom stereocenters. The van der Waals surface area contributed by atoms with Gasteiger partial charge in [0.15, 0.2) is 10.9 Å². The number of thiazole rings is 1. The number of fused-ring (bicyclic) bond motifs is 1. The van der Waals surface area contributed by atoms with Crippen LogP contribution in [0, 0.1) is 0 Å². The van der Waals surface area contributed by atoms with Gasteiger partial charge in [-0.15, -0.1) is 0 Å². The molecule has 0 bridgehead atoms. The molecule has 142 valence electrons. The number of carbonyl (C=O) groups excluding carboxylic acids is 1. The number of hydrogen-bond donors (Lipinski definition) is 1. The number of carbonyl (C=O) groups is 1. The van der Waals surface area contributed by atoms with Gasteiger partial charge in [-0.05, 0) is 24.3 Å². The average molecular weight is 407 g/mol. The second kappa shape index (κ2) is 8.39. The largest absolute Gasteiger partial charge is 0.459 e.